The van der Waals surface area contributed by atoms with Crippen molar-refractivity contribution in [2.75, 3.05) is 19.6 Å². The molecule has 5 nitrogen and oxygen atoms in total. The molecule has 1 aromatic heterocycles. The second-order valence-corrected chi connectivity index (χ2v) is 6.33. The number of nitrogens with one attached hydrogen (secondary N) is 3. The Bertz CT molecular complexity index is 860. The van der Waals surface area contributed by atoms with Crippen LogP contribution < -0.4 is 10.6 Å². The quantitative estimate of drug-likeness (QED) is 0.191. The summed E-state index contributed by atoms with van der Waals surface area (Å²) in [6.07, 6.45) is 2.38. The zero-order valence-corrected chi connectivity index (χ0v) is 18.4. The molecule has 28 heavy (non-hydrogen) atoms. The summed E-state index contributed by atoms with van der Waals surface area (Å²) in [5.74, 6) is 1.59. The molecular formula is C21H27FIN5. The van der Waals surface area contributed by atoms with Gasteiger partial charge in [-0.1, -0.05) is 30.3 Å². The maximum atomic E-state index is 13.7. The van der Waals surface area contributed by atoms with Gasteiger partial charge in [-0.05, 0) is 43.5 Å². The first-order chi connectivity index (χ1) is 13.3. The molecule has 150 valence electrons. The van der Waals surface area contributed by atoms with Gasteiger partial charge in [0.1, 0.15) is 11.6 Å². The smallest absolute Gasteiger partial charge is 0.191 e. The van der Waals surface area contributed by atoms with E-state index in [-0.39, 0.29) is 29.8 Å². The van der Waals surface area contributed by atoms with Crippen LogP contribution in [0.25, 0.3) is 11.0 Å². The predicted molar refractivity (Wildman–Crippen MR) is 124 cm³/mol. The number of guanidine groups is 1. The highest BCUT2D eigenvalue weighted by Gasteiger charge is 2.03. The predicted octanol–water partition coefficient (Wildman–Crippen LogP) is 4.05. The van der Waals surface area contributed by atoms with E-state index in [4.69, 9.17) is 0 Å². The Morgan fingerprint density at radius 1 is 1.07 bits per heavy atom. The van der Waals surface area contributed by atoms with E-state index in [0.717, 1.165) is 42.2 Å². The molecular weight excluding hydrogens is 468 g/mol. The number of rotatable bonds is 8. The lowest BCUT2D eigenvalue weighted by molar-refractivity contribution is 0.606. The number of fused-ring (bicyclic) bond motifs is 1. The molecule has 0 radical (unpaired) electrons. The zero-order chi connectivity index (χ0) is 18.9. The molecule has 0 saturated carbocycles. The highest BCUT2D eigenvalue weighted by atomic mass is 127. The van der Waals surface area contributed by atoms with Crippen molar-refractivity contribution in [2.45, 2.75) is 26.2 Å². The summed E-state index contributed by atoms with van der Waals surface area (Å²) in [6, 6.07) is 14.9. The van der Waals surface area contributed by atoms with E-state index in [2.05, 4.69) is 25.6 Å². The summed E-state index contributed by atoms with van der Waals surface area (Å²) in [4.78, 5) is 12.5. The molecule has 0 saturated heterocycles. The normalized spacial score (nSPS) is 11.3. The van der Waals surface area contributed by atoms with Crippen molar-refractivity contribution in [2.24, 2.45) is 4.99 Å². The molecule has 0 aliphatic carbocycles. The van der Waals surface area contributed by atoms with E-state index in [1.54, 1.807) is 6.07 Å². The molecule has 0 fully saturated rings. The van der Waals surface area contributed by atoms with Crippen molar-refractivity contribution >= 4 is 41.0 Å². The Kier molecular flexibility index (Phi) is 9.19. The monoisotopic (exact) mass is 495 g/mol. The molecule has 0 unspecified atom stereocenters. The van der Waals surface area contributed by atoms with E-state index in [1.807, 2.05) is 43.3 Å². The fourth-order valence-corrected chi connectivity index (χ4v) is 2.92. The summed E-state index contributed by atoms with van der Waals surface area (Å²) < 4.78 is 13.7. The maximum Gasteiger partial charge on any atom is 0.191 e. The van der Waals surface area contributed by atoms with Crippen molar-refractivity contribution in [3.05, 3.63) is 65.7 Å². The number of halogens is 2. The molecule has 3 rings (SSSR count). The van der Waals surface area contributed by atoms with Crippen LogP contribution in [0.3, 0.4) is 0 Å². The van der Waals surface area contributed by atoms with Crippen molar-refractivity contribution in [1.82, 2.24) is 20.6 Å². The summed E-state index contributed by atoms with van der Waals surface area (Å²) in [7, 11) is 0. The Balaban J connectivity index is 0.00000280. The van der Waals surface area contributed by atoms with Crippen LogP contribution in [0.4, 0.5) is 4.39 Å². The minimum atomic E-state index is -0.160. The van der Waals surface area contributed by atoms with Crippen molar-refractivity contribution in [3.8, 4) is 0 Å². The lowest BCUT2D eigenvalue weighted by Gasteiger charge is -2.11. The van der Waals surface area contributed by atoms with Crippen LogP contribution in [-0.4, -0.2) is 35.6 Å². The Morgan fingerprint density at radius 3 is 2.64 bits per heavy atom. The van der Waals surface area contributed by atoms with Crippen LogP contribution in [0, 0.1) is 5.82 Å². The fraction of sp³-hybridized carbons (Fsp3) is 0.333. The minimum Gasteiger partial charge on any atom is -0.357 e. The largest absolute Gasteiger partial charge is 0.357 e. The molecule has 7 heteroatoms. The molecule has 0 amide bonds. The van der Waals surface area contributed by atoms with Gasteiger partial charge in [-0.3, -0.25) is 4.99 Å². The van der Waals surface area contributed by atoms with Gasteiger partial charge in [0.2, 0.25) is 0 Å². The molecule has 3 aromatic rings. The number of para-hydroxylation sites is 2. The third kappa shape index (κ3) is 6.47. The van der Waals surface area contributed by atoms with Crippen LogP contribution in [0.1, 0.15) is 24.7 Å². The second kappa shape index (κ2) is 11.6. The summed E-state index contributed by atoms with van der Waals surface area (Å²) >= 11 is 0. The van der Waals surface area contributed by atoms with Gasteiger partial charge in [0.25, 0.3) is 0 Å². The lowest BCUT2D eigenvalue weighted by Crippen LogP contribution is -2.38. The fourth-order valence-electron chi connectivity index (χ4n) is 2.92. The number of hydrogen-bond acceptors (Lipinski definition) is 2. The van der Waals surface area contributed by atoms with Gasteiger partial charge in [-0.2, -0.15) is 0 Å². The number of aryl methyl sites for hydroxylation is 1. The van der Waals surface area contributed by atoms with Gasteiger partial charge in [-0.15, -0.1) is 24.0 Å². The van der Waals surface area contributed by atoms with Crippen molar-refractivity contribution in [1.29, 1.82) is 0 Å². The van der Waals surface area contributed by atoms with Crippen LogP contribution in [0.2, 0.25) is 0 Å². The number of imidazole rings is 1. The Morgan fingerprint density at radius 2 is 1.86 bits per heavy atom. The van der Waals surface area contributed by atoms with E-state index < -0.39 is 0 Å². The SMILES string of the molecule is CCNC(=NCCCc1nc2ccccc2[nH]1)NCCc1ccccc1F.I. The molecule has 2 aromatic carbocycles. The topological polar surface area (TPSA) is 65.1 Å². The van der Waals surface area contributed by atoms with E-state index in [0.29, 0.717) is 25.1 Å². The van der Waals surface area contributed by atoms with E-state index >= 15 is 0 Å². The maximum absolute atomic E-state index is 13.7. The molecule has 1 heterocycles. The Labute approximate surface area is 182 Å². The molecule has 0 bridgehead atoms. The third-order valence-electron chi connectivity index (χ3n) is 4.27. The van der Waals surface area contributed by atoms with Crippen LogP contribution in [0.15, 0.2) is 53.5 Å². The van der Waals surface area contributed by atoms with Crippen LogP contribution in [0.5, 0.6) is 0 Å². The molecule has 0 atom stereocenters. The van der Waals surface area contributed by atoms with Crippen molar-refractivity contribution in [3.63, 3.8) is 0 Å². The number of aromatic nitrogens is 2. The number of H-pyrrole nitrogens is 1. The molecule has 3 N–H and O–H groups in total. The van der Waals surface area contributed by atoms with Gasteiger partial charge >= 0.3 is 0 Å². The summed E-state index contributed by atoms with van der Waals surface area (Å²) in [5.41, 5.74) is 2.78. The van der Waals surface area contributed by atoms with Crippen LogP contribution >= 0.6 is 24.0 Å². The Hall–Kier alpha value is -2.16. The molecule has 0 spiro atoms. The van der Waals surface area contributed by atoms with Crippen molar-refractivity contribution < 1.29 is 4.39 Å². The number of aromatic amines is 1. The minimum absolute atomic E-state index is 0. The average molecular weight is 495 g/mol. The highest BCUT2D eigenvalue weighted by Crippen LogP contribution is 2.11. The number of nitrogens with zero attached hydrogens (tertiary/aromatic N) is 2. The van der Waals surface area contributed by atoms with Gasteiger partial charge in [0.15, 0.2) is 5.96 Å². The van der Waals surface area contributed by atoms with Gasteiger partial charge in [0, 0.05) is 26.1 Å². The standard InChI is InChI=1S/C21H26FN5.HI/c1-2-23-21(25-15-13-16-8-3-4-9-17(16)22)24-14-7-12-20-26-18-10-5-6-11-19(18)27-20;/h3-6,8-11H,2,7,12-15H2,1H3,(H,26,27)(H2,23,24,25);1H. The number of aliphatic imine (C=N–C) groups is 1. The highest BCUT2D eigenvalue weighted by molar-refractivity contribution is 14.0. The molecule has 0 aliphatic heterocycles. The number of benzene rings is 2. The first kappa shape index (κ1) is 22.1. The van der Waals surface area contributed by atoms with Gasteiger partial charge in [-0.25, -0.2) is 9.37 Å². The average Bonchev–Trinajstić information content (AvgIpc) is 3.09. The second-order valence-electron chi connectivity index (χ2n) is 6.33. The molecule has 0 aliphatic rings. The van der Waals surface area contributed by atoms with E-state index in [1.165, 1.54) is 6.07 Å². The first-order valence-electron chi connectivity index (χ1n) is 9.45. The lowest BCUT2D eigenvalue weighted by atomic mass is 10.1. The van der Waals surface area contributed by atoms with E-state index in [9.17, 15) is 4.39 Å². The summed E-state index contributed by atoms with van der Waals surface area (Å²) in [6.45, 7) is 4.15. The van der Waals surface area contributed by atoms with Gasteiger partial charge < -0.3 is 15.6 Å². The third-order valence-corrected chi connectivity index (χ3v) is 4.27. The summed E-state index contributed by atoms with van der Waals surface area (Å²) in [5, 5.41) is 6.49. The zero-order valence-electron chi connectivity index (χ0n) is 16.0. The van der Waals surface area contributed by atoms with Gasteiger partial charge in [0.05, 0.1) is 11.0 Å². The first-order valence-corrected chi connectivity index (χ1v) is 9.45. The number of hydrogen-bond donors (Lipinski definition) is 3. The van der Waals surface area contributed by atoms with Crippen LogP contribution in [-0.2, 0) is 12.8 Å².